The molecule has 0 spiro atoms. The summed E-state index contributed by atoms with van der Waals surface area (Å²) in [5.41, 5.74) is 6.08. The number of aromatic nitrogens is 5. The van der Waals surface area contributed by atoms with Crippen LogP contribution < -0.4 is 10.1 Å². The van der Waals surface area contributed by atoms with Crippen molar-refractivity contribution < 1.29 is 14.2 Å². The first-order chi connectivity index (χ1) is 18.1. The zero-order chi connectivity index (χ0) is 27.2. The summed E-state index contributed by atoms with van der Waals surface area (Å²) in [4.78, 5) is 12.9. The lowest BCUT2D eigenvalue weighted by molar-refractivity contribution is -0.00383. The van der Waals surface area contributed by atoms with E-state index >= 15 is 0 Å². The van der Waals surface area contributed by atoms with Crippen LogP contribution in [0.3, 0.4) is 0 Å². The Balaban J connectivity index is 1.43. The summed E-state index contributed by atoms with van der Waals surface area (Å²) < 4.78 is 21.6. The fourth-order valence-electron chi connectivity index (χ4n) is 5.88. The summed E-state index contributed by atoms with van der Waals surface area (Å²) in [6.45, 7) is 9.84. The van der Waals surface area contributed by atoms with E-state index in [0.717, 1.165) is 48.2 Å². The van der Waals surface area contributed by atoms with Gasteiger partial charge in [-0.2, -0.15) is 5.10 Å². The molecule has 4 aromatic heterocycles. The SMILES string of the molecule is COc1cc(-c2[nH]c3cnc(C4CCC(NC[C@@H](F)C(C)(C)O)CC4)c(C)c3c2C(C)C)cn2ncnc12. The molecule has 0 saturated heterocycles. The van der Waals surface area contributed by atoms with Gasteiger partial charge in [-0.3, -0.25) is 4.98 Å². The molecule has 38 heavy (non-hydrogen) atoms. The van der Waals surface area contributed by atoms with Gasteiger partial charge in [0.1, 0.15) is 12.5 Å². The fraction of sp³-hybridized carbons (Fsp3) is 0.552. The number of H-pyrrole nitrogens is 1. The number of rotatable bonds is 8. The number of aromatic amines is 1. The number of aryl methyl sites for hydroxylation is 1. The lowest BCUT2D eigenvalue weighted by atomic mass is 9.81. The number of alkyl halides is 1. The third-order valence-electron chi connectivity index (χ3n) is 8.05. The molecule has 1 saturated carbocycles. The summed E-state index contributed by atoms with van der Waals surface area (Å²) in [5, 5.41) is 18.8. The van der Waals surface area contributed by atoms with Crippen LogP contribution in [-0.4, -0.2) is 61.1 Å². The van der Waals surface area contributed by atoms with Gasteiger partial charge in [-0.05, 0) is 69.6 Å². The maximum Gasteiger partial charge on any atom is 0.197 e. The Hall–Kier alpha value is -3.04. The normalized spacial score (nSPS) is 19.5. The third kappa shape index (κ3) is 4.89. The summed E-state index contributed by atoms with van der Waals surface area (Å²) in [6, 6.07) is 2.28. The van der Waals surface area contributed by atoms with Crippen molar-refractivity contribution in [2.24, 2.45) is 0 Å². The zero-order valence-corrected chi connectivity index (χ0v) is 23.2. The van der Waals surface area contributed by atoms with E-state index in [0.29, 0.717) is 17.3 Å². The average molecular weight is 523 g/mol. The average Bonchev–Trinajstić information content (AvgIpc) is 3.52. The number of fused-ring (bicyclic) bond motifs is 2. The molecule has 1 fully saturated rings. The van der Waals surface area contributed by atoms with Gasteiger partial charge in [0.2, 0.25) is 0 Å². The molecule has 8 nitrogen and oxygen atoms in total. The van der Waals surface area contributed by atoms with Gasteiger partial charge in [-0.15, -0.1) is 0 Å². The molecule has 1 aliphatic carbocycles. The number of aliphatic hydroxyl groups is 1. The highest BCUT2D eigenvalue weighted by Gasteiger charge is 2.30. The van der Waals surface area contributed by atoms with Gasteiger partial charge in [0.05, 0.1) is 30.1 Å². The summed E-state index contributed by atoms with van der Waals surface area (Å²) >= 11 is 0. The molecule has 9 heteroatoms. The quantitative estimate of drug-likeness (QED) is 0.285. The van der Waals surface area contributed by atoms with Crippen LogP contribution in [0.15, 0.2) is 24.8 Å². The molecule has 3 N–H and O–H groups in total. The van der Waals surface area contributed by atoms with E-state index < -0.39 is 11.8 Å². The van der Waals surface area contributed by atoms with Crippen molar-refractivity contribution in [3.63, 3.8) is 0 Å². The second-order valence-electron chi connectivity index (χ2n) is 11.5. The van der Waals surface area contributed by atoms with Crippen molar-refractivity contribution in [3.8, 4) is 17.0 Å². The molecule has 0 radical (unpaired) electrons. The predicted molar refractivity (Wildman–Crippen MR) is 148 cm³/mol. The van der Waals surface area contributed by atoms with E-state index in [1.54, 1.807) is 11.6 Å². The molecule has 0 amide bonds. The number of hydrogen-bond donors (Lipinski definition) is 3. The summed E-state index contributed by atoms with van der Waals surface area (Å²) in [7, 11) is 1.65. The number of pyridine rings is 2. The molecule has 204 valence electrons. The Morgan fingerprint density at radius 3 is 2.63 bits per heavy atom. The van der Waals surface area contributed by atoms with E-state index in [-0.39, 0.29) is 18.5 Å². The first-order valence-electron chi connectivity index (χ1n) is 13.6. The van der Waals surface area contributed by atoms with Gasteiger partial charge < -0.3 is 20.1 Å². The second kappa shape index (κ2) is 10.3. The highest BCUT2D eigenvalue weighted by Crippen LogP contribution is 2.41. The van der Waals surface area contributed by atoms with Crippen LogP contribution in [0.4, 0.5) is 4.39 Å². The minimum absolute atomic E-state index is 0.178. The van der Waals surface area contributed by atoms with Crippen molar-refractivity contribution in [3.05, 3.63) is 41.6 Å². The van der Waals surface area contributed by atoms with Gasteiger partial charge in [0, 0.05) is 41.3 Å². The molecular weight excluding hydrogens is 483 g/mol. The van der Waals surface area contributed by atoms with Gasteiger partial charge >= 0.3 is 0 Å². The minimum Gasteiger partial charge on any atom is -0.493 e. The van der Waals surface area contributed by atoms with Crippen LogP contribution in [0.5, 0.6) is 5.75 Å². The molecule has 1 atom stereocenters. The molecule has 0 unspecified atom stereocenters. The highest BCUT2D eigenvalue weighted by molar-refractivity contribution is 5.94. The Kier molecular flexibility index (Phi) is 7.17. The fourth-order valence-corrected chi connectivity index (χ4v) is 5.88. The predicted octanol–water partition coefficient (Wildman–Crippen LogP) is 5.44. The van der Waals surface area contributed by atoms with E-state index in [9.17, 15) is 9.50 Å². The Morgan fingerprint density at radius 2 is 1.97 bits per heavy atom. The topological polar surface area (TPSA) is 100 Å². The molecule has 5 rings (SSSR count). The lowest BCUT2D eigenvalue weighted by Gasteiger charge is -2.31. The smallest absolute Gasteiger partial charge is 0.197 e. The minimum atomic E-state index is -1.32. The molecule has 0 aromatic carbocycles. The lowest BCUT2D eigenvalue weighted by Crippen LogP contribution is -2.44. The summed E-state index contributed by atoms with van der Waals surface area (Å²) in [6.07, 6.45) is 8.15. The first-order valence-corrected chi connectivity index (χ1v) is 13.6. The van der Waals surface area contributed by atoms with Crippen LogP contribution in [0, 0.1) is 6.92 Å². The molecule has 1 aliphatic rings. The van der Waals surface area contributed by atoms with Crippen molar-refractivity contribution in [2.45, 2.75) is 90.0 Å². The number of nitrogens with one attached hydrogen (secondary N) is 2. The standard InChI is InChI=1S/C29H39FN6O2/c1-16(2)24-25-17(3)26(18-7-9-20(10-8-18)31-13-23(30)29(4,5)37)32-12-21(25)35-27(24)19-11-22(38-6)28-33-15-34-36(28)14-19/h11-12,14-16,18,20,23,31,35,37H,7-10,13H2,1-6H3/t18?,20?,23-/m1/s1. The number of methoxy groups -OCH3 is 1. The van der Waals surface area contributed by atoms with Crippen LogP contribution in [0.2, 0.25) is 0 Å². The van der Waals surface area contributed by atoms with E-state index in [4.69, 9.17) is 9.72 Å². The maximum absolute atomic E-state index is 14.2. The van der Waals surface area contributed by atoms with Crippen molar-refractivity contribution in [1.82, 2.24) is 29.9 Å². The van der Waals surface area contributed by atoms with E-state index in [1.165, 1.54) is 36.7 Å². The Bertz CT molecular complexity index is 1430. The monoisotopic (exact) mass is 522 g/mol. The Morgan fingerprint density at radius 1 is 1.24 bits per heavy atom. The van der Waals surface area contributed by atoms with E-state index in [1.807, 2.05) is 18.5 Å². The summed E-state index contributed by atoms with van der Waals surface area (Å²) in [5.74, 6) is 1.34. The van der Waals surface area contributed by atoms with Gasteiger partial charge in [-0.1, -0.05) is 13.8 Å². The maximum atomic E-state index is 14.2. The second-order valence-corrected chi connectivity index (χ2v) is 11.5. The highest BCUT2D eigenvalue weighted by atomic mass is 19.1. The van der Waals surface area contributed by atoms with Crippen LogP contribution in [-0.2, 0) is 0 Å². The number of nitrogens with zero attached hydrogens (tertiary/aromatic N) is 4. The molecule has 4 aromatic rings. The molecular formula is C29H39FN6O2. The van der Waals surface area contributed by atoms with Crippen molar-refractivity contribution >= 4 is 16.6 Å². The van der Waals surface area contributed by atoms with E-state index in [2.05, 4.69) is 41.2 Å². The van der Waals surface area contributed by atoms with Crippen LogP contribution in [0.25, 0.3) is 27.8 Å². The van der Waals surface area contributed by atoms with Gasteiger partial charge in [0.15, 0.2) is 11.4 Å². The van der Waals surface area contributed by atoms with Crippen LogP contribution >= 0.6 is 0 Å². The van der Waals surface area contributed by atoms with Gasteiger partial charge in [-0.25, -0.2) is 13.9 Å². The van der Waals surface area contributed by atoms with Crippen molar-refractivity contribution in [2.75, 3.05) is 13.7 Å². The third-order valence-corrected chi connectivity index (χ3v) is 8.05. The van der Waals surface area contributed by atoms with Crippen LogP contribution in [0.1, 0.15) is 82.0 Å². The van der Waals surface area contributed by atoms with Gasteiger partial charge in [0.25, 0.3) is 0 Å². The zero-order valence-electron chi connectivity index (χ0n) is 23.2. The van der Waals surface area contributed by atoms with Crippen molar-refractivity contribution in [1.29, 1.82) is 0 Å². The molecule has 0 aliphatic heterocycles. The Labute approximate surface area is 223 Å². The number of hydrogen-bond acceptors (Lipinski definition) is 6. The number of halogens is 1. The molecule has 0 bridgehead atoms. The first kappa shape index (κ1) is 26.6. The number of ether oxygens (including phenoxy) is 1. The largest absolute Gasteiger partial charge is 0.493 e. The molecule has 4 heterocycles.